The second-order valence-electron chi connectivity index (χ2n) is 9.18. The number of thiazole rings is 1. The second-order valence-corrected chi connectivity index (χ2v) is 11.9. The number of hydrogen-bond acceptors (Lipinski definition) is 6. The third-order valence-corrected chi connectivity index (χ3v) is 8.48. The number of allylic oxidation sites excluding steroid dienone is 1. The van der Waals surface area contributed by atoms with Gasteiger partial charge in [0.15, 0.2) is 10.5 Å². The van der Waals surface area contributed by atoms with Gasteiger partial charge in [0.25, 0.3) is 5.56 Å². The van der Waals surface area contributed by atoms with Crippen LogP contribution in [0.5, 0.6) is 5.75 Å². The molecule has 1 aromatic heterocycles. The van der Waals surface area contributed by atoms with Crippen LogP contribution >= 0.6 is 50.5 Å². The molecule has 43 heavy (non-hydrogen) atoms. The van der Waals surface area contributed by atoms with E-state index in [1.807, 2.05) is 12.1 Å². The highest BCUT2D eigenvalue weighted by molar-refractivity contribution is 9.10. The van der Waals surface area contributed by atoms with Gasteiger partial charge in [0.1, 0.15) is 12.4 Å². The molecule has 1 aliphatic rings. The molecule has 222 valence electrons. The molecule has 0 saturated carbocycles. The van der Waals surface area contributed by atoms with Gasteiger partial charge in [-0.25, -0.2) is 9.79 Å². The van der Waals surface area contributed by atoms with Crippen molar-refractivity contribution in [3.05, 3.63) is 129 Å². The fourth-order valence-corrected chi connectivity index (χ4v) is 6.16. The molecule has 0 amide bonds. The molecule has 1 aliphatic heterocycles. The fraction of sp³-hybridized carbons (Fsp3) is 0.167. The Morgan fingerprint density at radius 2 is 1.84 bits per heavy atom. The summed E-state index contributed by atoms with van der Waals surface area (Å²) in [5, 5.41) is 0.849. The van der Waals surface area contributed by atoms with Crippen LogP contribution in [0.2, 0.25) is 10.0 Å². The SMILES string of the molecule is CCOC(=O)C1=C(C(F)(F)F)N=c2s/c(=C\c3cc(Br)ccc3OCc3ccccc3Cl)c(=O)n2[C@H]1c1ccc(Cl)cc1. The van der Waals surface area contributed by atoms with E-state index in [1.165, 1.54) is 37.3 Å². The molecule has 0 fully saturated rings. The molecule has 5 rings (SSSR count). The van der Waals surface area contributed by atoms with Gasteiger partial charge in [0, 0.05) is 25.6 Å². The molecule has 0 aliphatic carbocycles. The molecule has 1 atom stereocenters. The van der Waals surface area contributed by atoms with Crippen LogP contribution in [0.1, 0.15) is 29.7 Å². The lowest BCUT2D eigenvalue weighted by Crippen LogP contribution is -2.41. The summed E-state index contributed by atoms with van der Waals surface area (Å²) in [7, 11) is 0. The molecule has 6 nitrogen and oxygen atoms in total. The van der Waals surface area contributed by atoms with E-state index in [4.69, 9.17) is 32.7 Å². The van der Waals surface area contributed by atoms with E-state index < -0.39 is 35.0 Å². The van der Waals surface area contributed by atoms with Crippen molar-refractivity contribution in [2.24, 2.45) is 4.99 Å². The van der Waals surface area contributed by atoms with E-state index in [9.17, 15) is 22.8 Å². The van der Waals surface area contributed by atoms with Crippen molar-refractivity contribution in [3.63, 3.8) is 0 Å². The number of benzene rings is 3. The summed E-state index contributed by atoms with van der Waals surface area (Å²) in [6.07, 6.45) is -3.50. The van der Waals surface area contributed by atoms with Gasteiger partial charge in [0.05, 0.1) is 22.8 Å². The van der Waals surface area contributed by atoms with E-state index in [0.29, 0.717) is 25.8 Å². The van der Waals surface area contributed by atoms with Crippen molar-refractivity contribution >= 4 is 62.5 Å². The fourth-order valence-electron chi connectivity index (χ4n) is 4.48. The Hall–Kier alpha value is -3.38. The summed E-state index contributed by atoms with van der Waals surface area (Å²) in [6, 6.07) is 16.7. The lowest BCUT2D eigenvalue weighted by atomic mass is 9.95. The van der Waals surface area contributed by atoms with Crippen LogP contribution in [0.4, 0.5) is 13.2 Å². The summed E-state index contributed by atoms with van der Waals surface area (Å²) in [6.45, 7) is 1.44. The van der Waals surface area contributed by atoms with Crippen molar-refractivity contribution in [2.45, 2.75) is 25.7 Å². The van der Waals surface area contributed by atoms with E-state index in [2.05, 4.69) is 20.9 Å². The highest BCUT2D eigenvalue weighted by atomic mass is 79.9. The van der Waals surface area contributed by atoms with Crippen LogP contribution in [0, 0.1) is 0 Å². The molecular weight excluding hydrogens is 692 g/mol. The third kappa shape index (κ3) is 6.59. The molecule has 0 saturated heterocycles. The summed E-state index contributed by atoms with van der Waals surface area (Å²) in [5.74, 6) is -0.818. The summed E-state index contributed by atoms with van der Waals surface area (Å²) >= 11 is 16.5. The zero-order valence-electron chi connectivity index (χ0n) is 22.1. The van der Waals surface area contributed by atoms with Gasteiger partial charge in [-0.15, -0.1) is 0 Å². The number of rotatable bonds is 7. The Kier molecular flexibility index (Phi) is 9.17. The summed E-state index contributed by atoms with van der Waals surface area (Å²) in [4.78, 5) is 30.5. The van der Waals surface area contributed by atoms with Crippen molar-refractivity contribution < 1.29 is 27.4 Å². The Balaban J connectivity index is 1.69. The average Bonchev–Trinajstić information content (AvgIpc) is 3.27. The summed E-state index contributed by atoms with van der Waals surface area (Å²) in [5.41, 5.74) is -1.42. The van der Waals surface area contributed by atoms with Crippen LogP contribution in [0.3, 0.4) is 0 Å². The largest absolute Gasteiger partial charge is 0.488 e. The molecule has 3 aromatic carbocycles. The van der Waals surface area contributed by atoms with Gasteiger partial charge < -0.3 is 9.47 Å². The number of nitrogens with zero attached hydrogens (tertiary/aromatic N) is 2. The monoisotopic (exact) mass is 710 g/mol. The van der Waals surface area contributed by atoms with E-state index >= 15 is 0 Å². The van der Waals surface area contributed by atoms with E-state index in [0.717, 1.165) is 21.5 Å². The second kappa shape index (κ2) is 12.7. The number of aromatic nitrogens is 1. The van der Waals surface area contributed by atoms with Gasteiger partial charge in [-0.2, -0.15) is 13.2 Å². The number of alkyl halides is 3. The minimum Gasteiger partial charge on any atom is -0.488 e. The number of ether oxygens (including phenoxy) is 2. The normalized spacial score (nSPS) is 15.2. The number of esters is 1. The van der Waals surface area contributed by atoms with Crippen molar-refractivity contribution in [1.82, 2.24) is 4.57 Å². The zero-order chi connectivity index (χ0) is 30.9. The maximum atomic E-state index is 14.3. The van der Waals surface area contributed by atoms with Crippen LogP contribution in [0.25, 0.3) is 6.08 Å². The first-order chi connectivity index (χ1) is 20.5. The number of carbonyl (C=O) groups is 1. The Morgan fingerprint density at radius 3 is 2.51 bits per heavy atom. The predicted octanol–water partition coefficient (Wildman–Crippen LogP) is 6.99. The first kappa shape index (κ1) is 31.1. The minimum absolute atomic E-state index is 0.0741. The summed E-state index contributed by atoms with van der Waals surface area (Å²) < 4.78 is 55.9. The number of halogens is 6. The van der Waals surface area contributed by atoms with Crippen molar-refractivity contribution in [1.29, 1.82) is 0 Å². The average molecular weight is 712 g/mol. The van der Waals surface area contributed by atoms with Gasteiger partial charge in [0.2, 0.25) is 0 Å². The minimum atomic E-state index is -5.01. The Bertz CT molecular complexity index is 1920. The highest BCUT2D eigenvalue weighted by Crippen LogP contribution is 2.38. The molecule has 2 heterocycles. The Morgan fingerprint density at radius 1 is 1.12 bits per heavy atom. The van der Waals surface area contributed by atoms with Gasteiger partial charge >= 0.3 is 12.1 Å². The maximum absolute atomic E-state index is 14.3. The predicted molar refractivity (Wildman–Crippen MR) is 162 cm³/mol. The number of hydrogen-bond donors (Lipinski definition) is 0. The van der Waals surface area contributed by atoms with Crippen LogP contribution in [0.15, 0.2) is 92.3 Å². The molecule has 0 radical (unpaired) electrons. The van der Waals surface area contributed by atoms with E-state index in [1.54, 1.807) is 30.3 Å². The molecule has 0 unspecified atom stereocenters. The quantitative estimate of drug-likeness (QED) is 0.194. The molecule has 0 N–H and O–H groups in total. The maximum Gasteiger partial charge on any atom is 0.434 e. The lowest BCUT2D eigenvalue weighted by molar-refractivity contribution is -0.140. The lowest BCUT2D eigenvalue weighted by Gasteiger charge is -2.26. The zero-order valence-corrected chi connectivity index (χ0v) is 26.0. The molecular formula is C30H20BrCl2F3N2O4S. The third-order valence-electron chi connectivity index (χ3n) is 6.38. The van der Waals surface area contributed by atoms with E-state index in [-0.39, 0.29) is 28.1 Å². The van der Waals surface area contributed by atoms with Gasteiger partial charge in [-0.05, 0) is 55.0 Å². The molecule has 13 heteroatoms. The smallest absolute Gasteiger partial charge is 0.434 e. The van der Waals surface area contributed by atoms with Crippen molar-refractivity contribution in [3.8, 4) is 5.75 Å². The van der Waals surface area contributed by atoms with Crippen molar-refractivity contribution in [2.75, 3.05) is 6.61 Å². The first-order valence-electron chi connectivity index (χ1n) is 12.7. The van der Waals surface area contributed by atoms with Crippen LogP contribution in [-0.2, 0) is 16.1 Å². The standard InChI is InChI=1S/C30H20BrCl2F3N2O4S/c1-2-41-28(40)24-25(16-7-10-20(32)11-8-16)38-27(39)23(43-29(38)37-26(24)30(34,35)36)14-18-13-19(31)9-12-22(18)42-15-17-5-3-4-6-21(17)33/h3-14,25H,2,15H2,1H3/b23-14-/t25-/m0/s1. The number of carbonyl (C=O) groups excluding carboxylic acids is 1. The topological polar surface area (TPSA) is 69.9 Å². The van der Waals surface area contributed by atoms with Gasteiger partial charge in [-0.3, -0.25) is 9.36 Å². The van der Waals surface area contributed by atoms with Crippen LogP contribution in [-0.4, -0.2) is 23.3 Å². The van der Waals surface area contributed by atoms with Gasteiger partial charge in [-0.1, -0.05) is 80.8 Å². The molecule has 0 spiro atoms. The number of fused-ring (bicyclic) bond motifs is 1. The molecule has 0 bridgehead atoms. The highest BCUT2D eigenvalue weighted by Gasteiger charge is 2.45. The Labute approximate surface area is 265 Å². The molecule has 4 aromatic rings. The van der Waals surface area contributed by atoms with Crippen LogP contribution < -0.4 is 19.6 Å². The first-order valence-corrected chi connectivity index (χ1v) is 15.1.